The molecule has 1 rings (SSSR count). The Balaban J connectivity index is 0.000000366. The molecule has 1 heterocycles. The number of aliphatic carboxylic acids is 1. The number of hydrogen-bond acceptors (Lipinski definition) is 4. The van der Waals surface area contributed by atoms with Crippen molar-refractivity contribution in [2.75, 3.05) is 47.1 Å². The van der Waals surface area contributed by atoms with Crippen LogP contribution in [0, 0.1) is 0 Å². The van der Waals surface area contributed by atoms with E-state index in [-0.39, 0.29) is 6.61 Å². The summed E-state index contributed by atoms with van der Waals surface area (Å²) in [6.45, 7) is 4.55. The van der Waals surface area contributed by atoms with Crippen LogP contribution in [0.15, 0.2) is 0 Å². The quantitative estimate of drug-likeness (QED) is 0.715. The molecule has 1 saturated heterocycles. The van der Waals surface area contributed by atoms with Crippen molar-refractivity contribution in [1.82, 2.24) is 4.90 Å². The van der Waals surface area contributed by atoms with Crippen molar-refractivity contribution in [2.45, 2.75) is 25.7 Å². The van der Waals surface area contributed by atoms with Crippen molar-refractivity contribution in [3.05, 3.63) is 0 Å². The lowest BCUT2D eigenvalue weighted by molar-refractivity contribution is -0.141. The summed E-state index contributed by atoms with van der Waals surface area (Å²) < 4.78 is 9.21. The number of hydrogen-bond donors (Lipinski definition) is 1. The van der Waals surface area contributed by atoms with Crippen LogP contribution in [0.5, 0.6) is 0 Å². The van der Waals surface area contributed by atoms with Gasteiger partial charge in [0.25, 0.3) is 0 Å². The molecule has 0 saturated carbocycles. The van der Waals surface area contributed by atoms with Gasteiger partial charge in [-0.05, 0) is 32.4 Å². The van der Waals surface area contributed by atoms with Crippen LogP contribution < -0.4 is 0 Å². The maximum Gasteiger partial charge on any atom is 0.329 e. The summed E-state index contributed by atoms with van der Waals surface area (Å²) in [5, 5.41) is 7.79. The Morgan fingerprint density at radius 3 is 2.24 bits per heavy atom. The van der Waals surface area contributed by atoms with Gasteiger partial charge in [0.1, 0.15) is 6.61 Å². The molecule has 0 amide bonds. The van der Waals surface area contributed by atoms with E-state index in [9.17, 15) is 4.79 Å². The van der Waals surface area contributed by atoms with Gasteiger partial charge in [-0.2, -0.15) is 0 Å². The Labute approximate surface area is 104 Å². The van der Waals surface area contributed by atoms with Crippen molar-refractivity contribution < 1.29 is 19.4 Å². The normalized spacial score (nSPS) is 16.1. The Hall–Kier alpha value is -0.650. The van der Waals surface area contributed by atoms with Crippen molar-refractivity contribution in [3.8, 4) is 0 Å². The highest BCUT2D eigenvalue weighted by Gasteiger charge is 2.08. The Bertz CT molecular complexity index is 181. The van der Waals surface area contributed by atoms with Crippen molar-refractivity contribution in [3.63, 3.8) is 0 Å². The maximum absolute atomic E-state index is 9.47. The highest BCUT2D eigenvalue weighted by atomic mass is 16.5. The number of carboxylic acids is 1. The number of ether oxygens (including phenoxy) is 2. The van der Waals surface area contributed by atoms with Gasteiger partial charge in [0.15, 0.2) is 0 Å². The van der Waals surface area contributed by atoms with E-state index in [0.717, 1.165) is 6.61 Å². The van der Waals surface area contributed by atoms with Crippen LogP contribution in [0.2, 0.25) is 0 Å². The van der Waals surface area contributed by atoms with Crippen LogP contribution >= 0.6 is 0 Å². The minimum Gasteiger partial charge on any atom is -0.480 e. The van der Waals surface area contributed by atoms with Crippen molar-refractivity contribution in [1.29, 1.82) is 0 Å². The highest BCUT2D eigenvalue weighted by Crippen LogP contribution is 2.08. The van der Waals surface area contributed by atoms with Gasteiger partial charge in [-0.25, -0.2) is 4.79 Å². The maximum atomic E-state index is 9.47. The largest absolute Gasteiger partial charge is 0.480 e. The molecule has 1 N–H and O–H groups in total. The second-order valence-corrected chi connectivity index (χ2v) is 4.08. The van der Waals surface area contributed by atoms with E-state index in [1.54, 1.807) is 7.11 Å². The van der Waals surface area contributed by atoms with E-state index in [1.807, 2.05) is 0 Å². The summed E-state index contributed by atoms with van der Waals surface area (Å²) in [6.07, 6.45) is 5.41. The molecule has 1 aliphatic rings. The Morgan fingerprint density at radius 2 is 1.82 bits per heavy atom. The zero-order valence-electron chi connectivity index (χ0n) is 11.0. The lowest BCUT2D eigenvalue weighted by Crippen LogP contribution is -2.31. The number of carboxylic acid groups (broad SMARTS) is 1. The van der Waals surface area contributed by atoms with Crippen LogP contribution in [0.25, 0.3) is 0 Å². The topological polar surface area (TPSA) is 59.0 Å². The average molecular weight is 247 g/mol. The van der Waals surface area contributed by atoms with E-state index < -0.39 is 5.97 Å². The highest BCUT2D eigenvalue weighted by molar-refractivity contribution is 5.67. The molecule has 0 aromatic rings. The third kappa shape index (κ3) is 11.6. The first-order valence-electron chi connectivity index (χ1n) is 6.12. The minimum atomic E-state index is -0.933. The number of carbonyl (C=O) groups is 1. The van der Waals surface area contributed by atoms with Gasteiger partial charge in [0, 0.05) is 27.4 Å². The van der Waals surface area contributed by atoms with Crippen LogP contribution in [-0.4, -0.2) is 63.0 Å². The number of nitrogens with zero attached hydrogens (tertiary/aromatic N) is 1. The molecule has 5 nitrogen and oxygen atoms in total. The zero-order chi connectivity index (χ0) is 12.9. The Kier molecular flexibility index (Phi) is 11.4. The van der Waals surface area contributed by atoms with Crippen molar-refractivity contribution in [2.24, 2.45) is 0 Å². The summed E-state index contributed by atoms with van der Waals surface area (Å²) in [7, 11) is 3.12. The first kappa shape index (κ1) is 16.4. The summed E-state index contributed by atoms with van der Waals surface area (Å²) >= 11 is 0. The summed E-state index contributed by atoms with van der Waals surface area (Å²) in [6, 6.07) is 0. The summed E-state index contributed by atoms with van der Waals surface area (Å²) in [5.74, 6) is -0.933. The summed E-state index contributed by atoms with van der Waals surface area (Å²) in [5.41, 5.74) is 0. The fourth-order valence-corrected chi connectivity index (χ4v) is 1.74. The number of likely N-dealkylation sites (tertiary alicyclic amines) is 1. The molecule has 0 aliphatic carbocycles. The summed E-state index contributed by atoms with van der Waals surface area (Å²) in [4.78, 5) is 12.0. The van der Waals surface area contributed by atoms with Crippen LogP contribution in [-0.2, 0) is 14.3 Å². The smallest absolute Gasteiger partial charge is 0.329 e. The van der Waals surface area contributed by atoms with Gasteiger partial charge in [-0.3, -0.25) is 0 Å². The van der Waals surface area contributed by atoms with Gasteiger partial charge >= 0.3 is 5.97 Å². The fourth-order valence-electron chi connectivity index (χ4n) is 1.74. The predicted octanol–water partition coefficient (Wildman–Crippen LogP) is 1.23. The van der Waals surface area contributed by atoms with Gasteiger partial charge in [-0.1, -0.05) is 6.42 Å². The van der Waals surface area contributed by atoms with E-state index in [2.05, 4.69) is 9.64 Å². The number of methoxy groups -OCH3 is 2. The molecule has 1 fully saturated rings. The number of rotatable bonds is 6. The van der Waals surface area contributed by atoms with E-state index >= 15 is 0 Å². The SMILES string of the molecule is COCC(=O)O.COCCCN1CCCCC1. The molecule has 5 heteroatoms. The molecule has 0 unspecified atom stereocenters. The minimum absolute atomic E-state index is 0.208. The first-order chi connectivity index (χ1) is 8.20. The average Bonchev–Trinajstić information content (AvgIpc) is 2.31. The third-order valence-electron chi connectivity index (χ3n) is 2.54. The second-order valence-electron chi connectivity index (χ2n) is 4.08. The van der Waals surface area contributed by atoms with Gasteiger partial charge in [0.2, 0.25) is 0 Å². The molecule has 0 bridgehead atoms. The lowest BCUT2D eigenvalue weighted by atomic mass is 10.1. The van der Waals surface area contributed by atoms with E-state index in [1.165, 1.54) is 52.4 Å². The van der Waals surface area contributed by atoms with E-state index in [4.69, 9.17) is 9.84 Å². The van der Waals surface area contributed by atoms with Crippen molar-refractivity contribution >= 4 is 5.97 Å². The molecular weight excluding hydrogens is 222 g/mol. The molecule has 0 aromatic heterocycles. The fraction of sp³-hybridized carbons (Fsp3) is 0.917. The Morgan fingerprint density at radius 1 is 1.18 bits per heavy atom. The molecule has 0 spiro atoms. The molecule has 0 radical (unpaired) electrons. The molecule has 1 aliphatic heterocycles. The molecule has 0 atom stereocenters. The molecular formula is C12H25NO4. The third-order valence-corrected chi connectivity index (χ3v) is 2.54. The van der Waals surface area contributed by atoms with E-state index in [0.29, 0.717) is 0 Å². The van der Waals surface area contributed by atoms with Gasteiger partial charge < -0.3 is 19.5 Å². The second kappa shape index (κ2) is 11.8. The van der Waals surface area contributed by atoms with Crippen LogP contribution in [0.1, 0.15) is 25.7 Å². The first-order valence-corrected chi connectivity index (χ1v) is 6.12. The number of piperidine rings is 1. The zero-order valence-corrected chi connectivity index (χ0v) is 11.0. The van der Waals surface area contributed by atoms with Crippen LogP contribution in [0.4, 0.5) is 0 Å². The van der Waals surface area contributed by atoms with Crippen LogP contribution in [0.3, 0.4) is 0 Å². The van der Waals surface area contributed by atoms with Gasteiger partial charge in [-0.15, -0.1) is 0 Å². The molecule has 0 aromatic carbocycles. The van der Waals surface area contributed by atoms with Gasteiger partial charge in [0.05, 0.1) is 0 Å². The lowest BCUT2D eigenvalue weighted by Gasteiger charge is -2.25. The standard InChI is InChI=1S/C9H19NO.C3H6O3/c1-11-9-5-8-10-6-3-2-4-7-10;1-6-2-3(4)5/h2-9H2,1H3;2H2,1H3,(H,4,5). The molecule has 102 valence electrons. The monoisotopic (exact) mass is 247 g/mol. The molecule has 17 heavy (non-hydrogen) atoms. The predicted molar refractivity (Wildman–Crippen MR) is 66.3 cm³/mol.